The van der Waals surface area contributed by atoms with Crippen molar-refractivity contribution < 1.29 is 9.18 Å². The van der Waals surface area contributed by atoms with Crippen molar-refractivity contribution in [3.8, 4) is 0 Å². The third kappa shape index (κ3) is 4.80. The van der Waals surface area contributed by atoms with Gasteiger partial charge in [0.1, 0.15) is 12.4 Å². The molecule has 0 aliphatic carbocycles. The summed E-state index contributed by atoms with van der Waals surface area (Å²) in [7, 11) is 0. The molecular weight excluding hydrogens is 442 g/mol. The molecule has 0 bridgehead atoms. The van der Waals surface area contributed by atoms with Gasteiger partial charge >= 0.3 is 0 Å². The lowest BCUT2D eigenvalue weighted by Gasteiger charge is -2.45. The predicted octanol–water partition coefficient (Wildman–Crippen LogP) is 3.82. The van der Waals surface area contributed by atoms with Crippen LogP contribution in [0.25, 0.3) is 0 Å². The number of aromatic nitrogens is 2. The molecule has 7 nitrogen and oxygen atoms in total. The molecular formula is C21H25Cl2FN6O. The molecule has 0 saturated carbocycles. The molecule has 2 saturated heterocycles. The summed E-state index contributed by atoms with van der Waals surface area (Å²) < 4.78 is 14.5. The maximum absolute atomic E-state index is 14.5. The number of nitrogens with two attached hydrogens (primary N) is 1. The number of nitrogen functional groups attached to an aromatic ring is 1. The van der Waals surface area contributed by atoms with Gasteiger partial charge in [-0.3, -0.25) is 4.79 Å². The highest BCUT2D eigenvalue weighted by molar-refractivity contribution is 6.35. The van der Waals surface area contributed by atoms with Gasteiger partial charge in [0, 0.05) is 41.4 Å². The Morgan fingerprint density at radius 2 is 1.94 bits per heavy atom. The van der Waals surface area contributed by atoms with Crippen molar-refractivity contribution in [2.75, 3.05) is 35.6 Å². The van der Waals surface area contributed by atoms with Crippen molar-refractivity contribution in [3.05, 3.63) is 40.4 Å². The Morgan fingerprint density at radius 3 is 2.68 bits per heavy atom. The van der Waals surface area contributed by atoms with Crippen LogP contribution in [0.3, 0.4) is 0 Å². The molecule has 1 aromatic carbocycles. The van der Waals surface area contributed by atoms with E-state index >= 15 is 0 Å². The van der Waals surface area contributed by atoms with Crippen LogP contribution in [0.2, 0.25) is 10.0 Å². The monoisotopic (exact) mass is 466 g/mol. The van der Waals surface area contributed by atoms with Gasteiger partial charge in [-0.05, 0) is 43.4 Å². The average Bonchev–Trinajstić information content (AvgIpc) is 2.70. The quantitative estimate of drug-likeness (QED) is 0.711. The molecule has 4 rings (SSSR count). The molecule has 1 aromatic heterocycles. The molecule has 2 aliphatic rings. The summed E-state index contributed by atoms with van der Waals surface area (Å²) in [6.07, 6.45) is 3.71. The highest BCUT2D eigenvalue weighted by Crippen LogP contribution is 2.30. The summed E-state index contributed by atoms with van der Waals surface area (Å²) in [5.41, 5.74) is 6.35. The molecule has 2 aliphatic heterocycles. The normalized spacial score (nSPS) is 24.4. The van der Waals surface area contributed by atoms with Gasteiger partial charge in [-0.15, -0.1) is 0 Å². The number of likely N-dealkylation sites (tertiary alicyclic amines) is 1. The Labute approximate surface area is 190 Å². The zero-order valence-electron chi connectivity index (χ0n) is 17.2. The molecule has 3 N–H and O–H groups in total. The molecule has 2 fully saturated rings. The van der Waals surface area contributed by atoms with Gasteiger partial charge in [-0.2, -0.15) is 4.39 Å². The Bertz CT molecular complexity index is 957. The van der Waals surface area contributed by atoms with E-state index in [-0.39, 0.29) is 35.5 Å². The van der Waals surface area contributed by atoms with Crippen LogP contribution in [-0.4, -0.2) is 52.5 Å². The van der Waals surface area contributed by atoms with Crippen LogP contribution in [0.15, 0.2) is 24.5 Å². The third-order valence-electron chi connectivity index (χ3n) is 5.85. The fourth-order valence-electron chi connectivity index (χ4n) is 4.55. The number of carbonyl (C=O) groups excluding carboxylic acids is 1. The summed E-state index contributed by atoms with van der Waals surface area (Å²) in [5, 5.41) is 4.31. The number of halogens is 3. The minimum absolute atomic E-state index is 0.0315. The van der Waals surface area contributed by atoms with Gasteiger partial charge < -0.3 is 20.9 Å². The van der Waals surface area contributed by atoms with E-state index in [1.54, 1.807) is 18.2 Å². The van der Waals surface area contributed by atoms with Crippen molar-refractivity contribution in [3.63, 3.8) is 0 Å². The van der Waals surface area contributed by atoms with Gasteiger partial charge in [-0.25, -0.2) is 9.97 Å². The molecule has 0 radical (unpaired) electrons. The van der Waals surface area contributed by atoms with E-state index in [2.05, 4.69) is 22.2 Å². The fraction of sp³-hybridized carbons (Fsp3) is 0.476. The first-order valence-corrected chi connectivity index (χ1v) is 11.1. The maximum Gasteiger partial charge on any atom is 0.245 e. The lowest BCUT2D eigenvalue weighted by Crippen LogP contribution is -2.58. The Morgan fingerprint density at radius 1 is 1.19 bits per heavy atom. The topological polar surface area (TPSA) is 87.4 Å². The SMILES string of the molecule is C[C@H]1C[C@@H](N2CCCC(Nc3cc(Cl)cc(Cl)c3)C2=O)CN(c2ncnc(N)c2F)C1. The summed E-state index contributed by atoms with van der Waals surface area (Å²) >= 11 is 12.2. The van der Waals surface area contributed by atoms with Gasteiger partial charge in [0.15, 0.2) is 11.6 Å². The van der Waals surface area contributed by atoms with E-state index in [9.17, 15) is 9.18 Å². The number of anilines is 3. The van der Waals surface area contributed by atoms with Crippen molar-refractivity contribution >= 4 is 46.4 Å². The summed E-state index contributed by atoms with van der Waals surface area (Å²) in [6.45, 7) is 3.92. The average molecular weight is 467 g/mol. The van der Waals surface area contributed by atoms with Gasteiger partial charge in [0.25, 0.3) is 0 Å². The number of rotatable bonds is 4. The third-order valence-corrected chi connectivity index (χ3v) is 6.29. The number of amides is 1. The molecule has 3 heterocycles. The van der Waals surface area contributed by atoms with E-state index in [1.165, 1.54) is 6.33 Å². The minimum atomic E-state index is -0.613. The van der Waals surface area contributed by atoms with E-state index in [1.807, 2.05) is 9.80 Å². The number of piperidine rings is 2. The second kappa shape index (κ2) is 9.04. The molecule has 0 spiro atoms. The van der Waals surface area contributed by atoms with Gasteiger partial charge in [0.05, 0.1) is 0 Å². The maximum atomic E-state index is 14.5. The van der Waals surface area contributed by atoms with E-state index in [4.69, 9.17) is 28.9 Å². The minimum Gasteiger partial charge on any atom is -0.381 e. The Hall–Kier alpha value is -2.32. The zero-order valence-corrected chi connectivity index (χ0v) is 18.7. The molecule has 166 valence electrons. The van der Waals surface area contributed by atoms with Gasteiger partial charge in [0.2, 0.25) is 11.7 Å². The van der Waals surface area contributed by atoms with Crippen LogP contribution >= 0.6 is 23.2 Å². The first-order chi connectivity index (χ1) is 14.8. The number of nitrogens with one attached hydrogen (secondary N) is 1. The highest BCUT2D eigenvalue weighted by Gasteiger charge is 2.37. The largest absolute Gasteiger partial charge is 0.381 e. The second-order valence-electron chi connectivity index (χ2n) is 8.33. The number of hydrogen-bond donors (Lipinski definition) is 2. The Balaban J connectivity index is 1.51. The smallest absolute Gasteiger partial charge is 0.245 e. The standard InChI is InChI=1S/C21H25Cl2FN6O/c1-12-5-16(10-29(9-12)20-18(24)19(25)26-11-27-20)30-4-2-3-17(21(30)31)28-15-7-13(22)6-14(23)8-15/h6-8,11-12,16-17,28H,2-5,9-10H2,1H3,(H2,25,26,27)/t12-,16+,17?/m0/s1. The van der Waals surface area contributed by atoms with Crippen molar-refractivity contribution in [1.82, 2.24) is 14.9 Å². The van der Waals surface area contributed by atoms with Crippen molar-refractivity contribution in [2.24, 2.45) is 5.92 Å². The van der Waals surface area contributed by atoms with Gasteiger partial charge in [-0.1, -0.05) is 30.1 Å². The summed E-state index contributed by atoms with van der Waals surface area (Å²) in [5.74, 6) is -0.293. The zero-order chi connectivity index (χ0) is 22.1. The lowest BCUT2D eigenvalue weighted by molar-refractivity contribution is -0.137. The molecule has 3 atom stereocenters. The van der Waals surface area contributed by atoms with E-state index in [0.29, 0.717) is 29.7 Å². The van der Waals surface area contributed by atoms with Crippen LogP contribution in [0.5, 0.6) is 0 Å². The number of nitrogens with zero attached hydrogens (tertiary/aromatic N) is 4. The summed E-state index contributed by atoms with van der Waals surface area (Å²) in [6, 6.07) is 4.76. The van der Waals surface area contributed by atoms with Crippen LogP contribution in [0.4, 0.5) is 21.7 Å². The van der Waals surface area contributed by atoms with Crippen molar-refractivity contribution in [2.45, 2.75) is 38.3 Å². The number of hydrogen-bond acceptors (Lipinski definition) is 6. The first-order valence-electron chi connectivity index (χ1n) is 10.4. The lowest BCUT2D eigenvalue weighted by atomic mass is 9.92. The first kappa shape index (κ1) is 21.9. The van der Waals surface area contributed by atoms with E-state index in [0.717, 1.165) is 24.9 Å². The van der Waals surface area contributed by atoms with Crippen LogP contribution in [0.1, 0.15) is 26.2 Å². The number of carbonyl (C=O) groups is 1. The number of benzene rings is 1. The second-order valence-corrected chi connectivity index (χ2v) is 9.20. The molecule has 1 unspecified atom stereocenters. The summed E-state index contributed by atoms with van der Waals surface area (Å²) in [4.78, 5) is 24.9. The van der Waals surface area contributed by atoms with Crippen LogP contribution in [0, 0.1) is 11.7 Å². The predicted molar refractivity (Wildman–Crippen MR) is 121 cm³/mol. The molecule has 10 heteroatoms. The Kier molecular flexibility index (Phi) is 6.39. The van der Waals surface area contributed by atoms with Crippen molar-refractivity contribution in [1.29, 1.82) is 0 Å². The van der Waals surface area contributed by atoms with Crippen LogP contribution in [-0.2, 0) is 4.79 Å². The molecule has 31 heavy (non-hydrogen) atoms. The molecule has 1 amide bonds. The molecule has 2 aromatic rings. The fourth-order valence-corrected chi connectivity index (χ4v) is 5.07. The van der Waals surface area contributed by atoms with Crippen LogP contribution < -0.4 is 16.0 Å². The highest BCUT2D eigenvalue weighted by atomic mass is 35.5. The van der Waals surface area contributed by atoms with E-state index < -0.39 is 5.82 Å².